The second-order valence-electron chi connectivity index (χ2n) is 19.2. The molecule has 0 spiro atoms. The summed E-state index contributed by atoms with van der Waals surface area (Å²) in [4.78, 5) is 5.10. The van der Waals surface area contributed by atoms with Crippen molar-refractivity contribution in [2.24, 2.45) is 10.8 Å². The van der Waals surface area contributed by atoms with E-state index in [1.54, 1.807) is 0 Å². The van der Waals surface area contributed by atoms with E-state index < -0.39 is 0 Å². The maximum Gasteiger partial charge on any atom is 0.252 e. The van der Waals surface area contributed by atoms with Crippen molar-refractivity contribution in [3.05, 3.63) is 112 Å². The molecule has 0 unspecified atom stereocenters. The third-order valence-corrected chi connectivity index (χ3v) is 12.5. The number of rotatable bonds is 2. The Balaban J connectivity index is 1.27. The van der Waals surface area contributed by atoms with Gasteiger partial charge in [0.15, 0.2) is 11.5 Å². The minimum Gasteiger partial charge on any atom is -0.489 e. The molecule has 3 heterocycles. The highest BCUT2D eigenvalue weighted by molar-refractivity contribution is 7.00. The number of hydrogen-bond donors (Lipinski definition) is 0. The largest absolute Gasteiger partial charge is 0.489 e. The van der Waals surface area contributed by atoms with Gasteiger partial charge in [-0.2, -0.15) is 0 Å². The van der Waals surface area contributed by atoms with Crippen molar-refractivity contribution in [1.29, 1.82) is 0 Å². The maximum atomic E-state index is 6.73. The van der Waals surface area contributed by atoms with Crippen LogP contribution in [0.3, 0.4) is 0 Å². The molecule has 2 aliphatic carbocycles. The highest BCUT2D eigenvalue weighted by Gasteiger charge is 2.46. The zero-order valence-electron chi connectivity index (χ0n) is 32.7. The summed E-state index contributed by atoms with van der Waals surface area (Å²) in [6.45, 7) is 20.1. The summed E-state index contributed by atoms with van der Waals surface area (Å²) < 4.78 is 13.1. The van der Waals surface area contributed by atoms with Gasteiger partial charge in [0, 0.05) is 34.9 Å². The monoisotopic (exact) mass is 698 g/mol. The van der Waals surface area contributed by atoms with Crippen molar-refractivity contribution >= 4 is 57.2 Å². The van der Waals surface area contributed by atoms with E-state index in [0.29, 0.717) is 13.2 Å². The number of ether oxygens (including phenoxy) is 2. The maximum absolute atomic E-state index is 6.73. The normalized spacial score (nSPS) is 18.5. The smallest absolute Gasteiger partial charge is 0.252 e. The van der Waals surface area contributed by atoms with Crippen molar-refractivity contribution < 1.29 is 9.47 Å². The highest BCUT2D eigenvalue weighted by Crippen LogP contribution is 2.51. The van der Waals surface area contributed by atoms with Crippen molar-refractivity contribution in [1.82, 2.24) is 0 Å². The number of aryl methyl sites for hydroxylation is 1. The lowest BCUT2D eigenvalue weighted by Gasteiger charge is -2.45. The Kier molecular flexibility index (Phi) is 6.97. The van der Waals surface area contributed by atoms with Crippen LogP contribution in [-0.2, 0) is 31.1 Å². The van der Waals surface area contributed by atoms with E-state index in [0.717, 1.165) is 55.0 Å². The fourth-order valence-electron chi connectivity index (χ4n) is 10.2. The third-order valence-electron chi connectivity index (χ3n) is 12.5. The molecule has 0 saturated carbocycles. The molecule has 10 rings (SSSR count). The van der Waals surface area contributed by atoms with Gasteiger partial charge in [0.2, 0.25) is 0 Å². The summed E-state index contributed by atoms with van der Waals surface area (Å²) in [5, 5.41) is 0. The standard InChI is InChI=1S/C48H51BN2O2/c1-29-20-40-43-41(21-29)51(35-14-11-34(12-15-35)46(2,3)4)44-37(16-17-42-45(44)53-19-9-18-52-42)49(43)38-23-32-27-48(7,8)28-33(32)24-39(38)50(40)36-13-10-30-25-47(5,6)26-31(30)22-36/h10-17,20-24H,9,18-19,25-28H2,1-8H3. The average Bonchev–Trinajstić information content (AvgIpc) is 3.45. The first-order chi connectivity index (χ1) is 25.2. The Morgan fingerprint density at radius 1 is 0.604 bits per heavy atom. The predicted octanol–water partition coefficient (Wildman–Crippen LogP) is 9.79. The van der Waals surface area contributed by atoms with Gasteiger partial charge in [-0.1, -0.05) is 78.8 Å². The Hall–Kier alpha value is -4.64. The van der Waals surface area contributed by atoms with Crippen LogP contribution in [0.5, 0.6) is 11.5 Å². The van der Waals surface area contributed by atoms with Gasteiger partial charge >= 0.3 is 0 Å². The minimum atomic E-state index is 0.0477. The van der Waals surface area contributed by atoms with E-state index >= 15 is 0 Å². The molecule has 3 aliphatic heterocycles. The van der Waals surface area contributed by atoms with E-state index in [1.165, 1.54) is 72.5 Å². The predicted molar refractivity (Wildman–Crippen MR) is 222 cm³/mol. The molecule has 0 fully saturated rings. The van der Waals surface area contributed by atoms with Crippen molar-refractivity contribution in [2.45, 2.75) is 92.9 Å². The number of nitrogens with zero attached hydrogens (tertiary/aromatic N) is 2. The summed E-state index contributed by atoms with van der Waals surface area (Å²) in [6.07, 6.45) is 5.32. The van der Waals surface area contributed by atoms with Crippen LogP contribution in [0.25, 0.3) is 0 Å². The fourth-order valence-corrected chi connectivity index (χ4v) is 10.2. The van der Waals surface area contributed by atoms with Gasteiger partial charge in [-0.25, -0.2) is 0 Å². The molecule has 5 aliphatic rings. The summed E-state index contributed by atoms with van der Waals surface area (Å²) in [6, 6.07) is 31.0. The Morgan fingerprint density at radius 2 is 1.23 bits per heavy atom. The molecule has 0 saturated heterocycles. The highest BCUT2D eigenvalue weighted by atomic mass is 16.5. The Morgan fingerprint density at radius 3 is 1.94 bits per heavy atom. The first-order valence-corrected chi connectivity index (χ1v) is 19.8. The molecule has 53 heavy (non-hydrogen) atoms. The van der Waals surface area contributed by atoms with Gasteiger partial charge < -0.3 is 19.3 Å². The van der Waals surface area contributed by atoms with Gasteiger partial charge in [-0.05, 0) is 147 Å². The minimum absolute atomic E-state index is 0.0477. The van der Waals surface area contributed by atoms with E-state index in [-0.39, 0.29) is 23.0 Å². The molecule has 0 radical (unpaired) electrons. The zero-order valence-corrected chi connectivity index (χ0v) is 32.7. The number of fused-ring (bicyclic) bond motifs is 8. The molecule has 5 aromatic carbocycles. The summed E-state index contributed by atoms with van der Waals surface area (Å²) in [5.74, 6) is 1.70. The lowest BCUT2D eigenvalue weighted by molar-refractivity contribution is 0.297. The SMILES string of the molecule is Cc1cc2c3c(c1)N(c1ccc(C(C)(C)C)cc1)c1c(ccc4c1OCCCO4)B3c1cc3c(cc1N2c1ccc2c(c1)CC(C)(C)C2)CC(C)(C)C3. The number of anilines is 6. The van der Waals surface area contributed by atoms with Crippen LogP contribution in [0.4, 0.5) is 34.1 Å². The molecular formula is C48H51BN2O2. The molecule has 5 aromatic rings. The van der Waals surface area contributed by atoms with E-state index in [4.69, 9.17) is 9.47 Å². The van der Waals surface area contributed by atoms with Crippen molar-refractivity contribution in [2.75, 3.05) is 23.0 Å². The molecule has 0 bridgehead atoms. The van der Waals surface area contributed by atoms with Gasteiger partial charge in [0.25, 0.3) is 6.71 Å². The van der Waals surface area contributed by atoms with E-state index in [1.807, 2.05) is 0 Å². The number of hydrogen-bond acceptors (Lipinski definition) is 4. The second kappa shape index (κ2) is 11.2. The van der Waals surface area contributed by atoms with Crippen LogP contribution in [0.2, 0.25) is 0 Å². The van der Waals surface area contributed by atoms with E-state index in [2.05, 4.69) is 144 Å². The van der Waals surface area contributed by atoms with Crippen molar-refractivity contribution in [3.8, 4) is 11.5 Å². The van der Waals surface area contributed by atoms with Crippen LogP contribution in [0, 0.1) is 17.8 Å². The molecule has 0 atom stereocenters. The molecule has 0 aromatic heterocycles. The summed E-state index contributed by atoms with van der Waals surface area (Å²) >= 11 is 0. The quantitative estimate of drug-likeness (QED) is 0.168. The van der Waals surface area contributed by atoms with Gasteiger partial charge in [-0.3, -0.25) is 0 Å². The van der Waals surface area contributed by atoms with Crippen LogP contribution < -0.4 is 35.7 Å². The van der Waals surface area contributed by atoms with Crippen LogP contribution in [0.15, 0.2) is 78.9 Å². The molecule has 5 heteroatoms. The van der Waals surface area contributed by atoms with E-state index in [9.17, 15) is 0 Å². The molecule has 268 valence electrons. The average molecular weight is 699 g/mol. The number of benzene rings is 5. The second-order valence-corrected chi connectivity index (χ2v) is 19.2. The Labute approximate surface area is 316 Å². The first kappa shape index (κ1) is 33.0. The molecule has 0 amide bonds. The van der Waals surface area contributed by atoms with Gasteiger partial charge in [-0.15, -0.1) is 0 Å². The zero-order chi connectivity index (χ0) is 36.6. The van der Waals surface area contributed by atoms with Crippen LogP contribution in [-0.4, -0.2) is 19.9 Å². The molecule has 0 N–H and O–H groups in total. The van der Waals surface area contributed by atoms with Gasteiger partial charge in [0.1, 0.15) is 0 Å². The van der Waals surface area contributed by atoms with Crippen molar-refractivity contribution in [3.63, 3.8) is 0 Å². The summed E-state index contributed by atoms with van der Waals surface area (Å²) in [7, 11) is 0. The molecular weight excluding hydrogens is 647 g/mol. The lowest BCUT2D eigenvalue weighted by atomic mass is 9.33. The Bertz CT molecular complexity index is 2350. The van der Waals surface area contributed by atoms with Gasteiger partial charge in [0.05, 0.1) is 18.9 Å². The van der Waals surface area contributed by atoms with Crippen LogP contribution >= 0.6 is 0 Å². The van der Waals surface area contributed by atoms with Crippen LogP contribution in [0.1, 0.15) is 88.3 Å². The summed E-state index contributed by atoms with van der Waals surface area (Å²) in [5.41, 5.74) is 20.5. The lowest BCUT2D eigenvalue weighted by Crippen LogP contribution is -2.61. The third kappa shape index (κ3) is 5.17. The fraction of sp³-hybridized carbons (Fsp3) is 0.375. The molecule has 4 nitrogen and oxygen atoms in total. The topological polar surface area (TPSA) is 24.9 Å². The first-order valence-electron chi connectivity index (χ1n) is 19.8.